The van der Waals surface area contributed by atoms with Crippen molar-refractivity contribution in [1.29, 1.82) is 5.26 Å². The summed E-state index contributed by atoms with van der Waals surface area (Å²) in [5, 5.41) is 8.58. The summed E-state index contributed by atoms with van der Waals surface area (Å²) in [5.74, 6) is 1.16. The van der Waals surface area contributed by atoms with Gasteiger partial charge in [0.05, 0.1) is 18.7 Å². The third kappa shape index (κ3) is 3.39. The third-order valence-electron chi connectivity index (χ3n) is 2.54. The number of pyridine rings is 1. The van der Waals surface area contributed by atoms with E-state index in [2.05, 4.69) is 11.1 Å². The molecule has 0 radical (unpaired) electrons. The lowest BCUT2D eigenvalue weighted by Crippen LogP contribution is -1.96. The summed E-state index contributed by atoms with van der Waals surface area (Å²) in [4.78, 5) is 15.1. The first-order valence-electron chi connectivity index (χ1n) is 5.80. The summed E-state index contributed by atoms with van der Waals surface area (Å²) in [5.41, 5.74) is 1.36. The number of hydrogen-bond donors (Lipinski definition) is 0. The fourth-order valence-electron chi connectivity index (χ4n) is 1.55. The lowest BCUT2D eigenvalue weighted by molar-refractivity contribution is 0.101. The zero-order valence-corrected chi connectivity index (χ0v) is 10.5. The minimum atomic E-state index is -0.0765. The maximum Gasteiger partial charge on any atom is 0.178 e. The van der Waals surface area contributed by atoms with Crippen LogP contribution in [0.15, 0.2) is 42.6 Å². The van der Waals surface area contributed by atoms with E-state index in [1.54, 1.807) is 24.3 Å². The molecule has 4 heteroatoms. The molecule has 0 N–H and O–H groups in total. The van der Waals surface area contributed by atoms with Crippen molar-refractivity contribution in [2.45, 2.75) is 13.3 Å². The van der Waals surface area contributed by atoms with Gasteiger partial charge in [0.25, 0.3) is 0 Å². The molecule has 0 aliphatic carbocycles. The van der Waals surface area contributed by atoms with E-state index in [0.29, 0.717) is 23.6 Å². The van der Waals surface area contributed by atoms with Crippen LogP contribution in [0.5, 0.6) is 11.5 Å². The van der Waals surface area contributed by atoms with E-state index >= 15 is 0 Å². The van der Waals surface area contributed by atoms with Gasteiger partial charge < -0.3 is 4.74 Å². The van der Waals surface area contributed by atoms with Crippen LogP contribution in [0.1, 0.15) is 23.0 Å². The molecule has 0 unspecified atom stereocenters. The Bertz CT molecular complexity index is 610. The number of benzene rings is 1. The van der Waals surface area contributed by atoms with Gasteiger partial charge >= 0.3 is 0 Å². The highest BCUT2D eigenvalue weighted by atomic mass is 16.5. The highest BCUT2D eigenvalue weighted by Gasteiger charge is 2.02. The second-order valence-corrected chi connectivity index (χ2v) is 4.02. The largest absolute Gasteiger partial charge is 0.456 e. The smallest absolute Gasteiger partial charge is 0.178 e. The molecule has 1 aromatic heterocycles. The average Bonchev–Trinajstić information content (AvgIpc) is 2.42. The lowest BCUT2D eigenvalue weighted by atomic mass is 10.2. The van der Waals surface area contributed by atoms with E-state index in [4.69, 9.17) is 10.00 Å². The quantitative estimate of drug-likeness (QED) is 0.784. The van der Waals surface area contributed by atoms with E-state index in [0.717, 1.165) is 5.56 Å². The summed E-state index contributed by atoms with van der Waals surface area (Å²) >= 11 is 0. The van der Waals surface area contributed by atoms with Crippen LogP contribution in [-0.2, 0) is 6.42 Å². The average molecular weight is 252 g/mol. The number of carbonyl (C=O) groups excluding carboxylic acids is 1. The molecule has 0 atom stereocenters. The van der Waals surface area contributed by atoms with Crippen molar-refractivity contribution in [2.24, 2.45) is 0 Å². The van der Waals surface area contributed by atoms with Gasteiger partial charge in [-0.05, 0) is 29.8 Å². The lowest BCUT2D eigenvalue weighted by Gasteiger charge is -2.06. The monoisotopic (exact) mass is 252 g/mol. The molecule has 0 spiro atoms. The van der Waals surface area contributed by atoms with Crippen LogP contribution in [0.3, 0.4) is 0 Å². The van der Waals surface area contributed by atoms with Crippen LogP contribution in [0.25, 0.3) is 0 Å². The van der Waals surface area contributed by atoms with Crippen molar-refractivity contribution < 1.29 is 9.53 Å². The van der Waals surface area contributed by atoms with Gasteiger partial charge in [-0.15, -0.1) is 0 Å². The zero-order chi connectivity index (χ0) is 13.7. The second-order valence-electron chi connectivity index (χ2n) is 4.02. The molecule has 19 heavy (non-hydrogen) atoms. The highest BCUT2D eigenvalue weighted by molar-refractivity contribution is 5.92. The number of ether oxygens (including phenoxy) is 1. The number of aromatic nitrogens is 1. The number of rotatable bonds is 4. The zero-order valence-electron chi connectivity index (χ0n) is 10.5. The molecule has 0 saturated carbocycles. The van der Waals surface area contributed by atoms with Crippen LogP contribution in [-0.4, -0.2) is 10.8 Å². The second kappa shape index (κ2) is 5.78. The van der Waals surface area contributed by atoms with E-state index < -0.39 is 0 Å². The molecule has 0 aliphatic heterocycles. The van der Waals surface area contributed by atoms with Crippen molar-refractivity contribution in [1.82, 2.24) is 4.98 Å². The SMILES string of the molecule is CC(=O)c1ccc(Oc2ccc(CC#N)cc2)cn1. The number of Topliss-reactive ketones (excluding diaryl/α,β-unsaturated/α-hetero) is 1. The van der Waals surface area contributed by atoms with Gasteiger partial charge in [0.2, 0.25) is 0 Å². The van der Waals surface area contributed by atoms with Gasteiger partial charge in [-0.1, -0.05) is 12.1 Å². The molecule has 0 amide bonds. The molecular formula is C15H12N2O2. The first kappa shape index (κ1) is 12.8. The van der Waals surface area contributed by atoms with Gasteiger partial charge in [0.1, 0.15) is 17.2 Å². The Morgan fingerprint density at radius 2 is 1.89 bits per heavy atom. The molecule has 0 fully saturated rings. The van der Waals surface area contributed by atoms with Gasteiger partial charge in [-0.25, -0.2) is 4.98 Å². The molecule has 1 aromatic carbocycles. The van der Waals surface area contributed by atoms with Gasteiger partial charge in [-0.3, -0.25) is 4.79 Å². The van der Waals surface area contributed by atoms with Crippen molar-refractivity contribution in [3.63, 3.8) is 0 Å². The Morgan fingerprint density at radius 3 is 2.42 bits per heavy atom. The standard InChI is InChI=1S/C15H12N2O2/c1-11(18)15-7-6-14(10-17-15)19-13-4-2-12(3-5-13)8-9-16/h2-7,10H,8H2,1H3. The van der Waals surface area contributed by atoms with Crippen molar-refractivity contribution in [3.05, 3.63) is 53.9 Å². The third-order valence-corrected chi connectivity index (χ3v) is 2.54. The van der Waals surface area contributed by atoms with Crippen molar-refractivity contribution >= 4 is 5.78 Å². The summed E-state index contributed by atoms with van der Waals surface area (Å²) in [6.07, 6.45) is 1.90. The number of carbonyl (C=O) groups is 1. The Labute approximate surface area is 111 Å². The summed E-state index contributed by atoms with van der Waals surface area (Å²) in [7, 11) is 0. The fraction of sp³-hybridized carbons (Fsp3) is 0.133. The minimum Gasteiger partial charge on any atom is -0.456 e. The Morgan fingerprint density at radius 1 is 1.21 bits per heavy atom. The molecule has 94 valence electrons. The van der Waals surface area contributed by atoms with Gasteiger partial charge in [0.15, 0.2) is 5.78 Å². The molecule has 1 heterocycles. The topological polar surface area (TPSA) is 63.0 Å². The highest BCUT2D eigenvalue weighted by Crippen LogP contribution is 2.21. The molecule has 2 rings (SSSR count). The summed E-state index contributed by atoms with van der Waals surface area (Å²) in [6.45, 7) is 1.47. The minimum absolute atomic E-state index is 0.0765. The van der Waals surface area contributed by atoms with Crippen LogP contribution < -0.4 is 4.74 Å². The molecule has 2 aromatic rings. The summed E-state index contributed by atoms with van der Waals surface area (Å²) < 4.78 is 5.59. The normalized spacial score (nSPS) is 9.68. The predicted molar refractivity (Wildman–Crippen MR) is 70.1 cm³/mol. The van der Waals surface area contributed by atoms with E-state index in [-0.39, 0.29) is 5.78 Å². The van der Waals surface area contributed by atoms with E-state index in [1.807, 2.05) is 12.1 Å². The molecule has 4 nitrogen and oxygen atoms in total. The van der Waals surface area contributed by atoms with Crippen LogP contribution >= 0.6 is 0 Å². The fourth-order valence-corrected chi connectivity index (χ4v) is 1.55. The molecule has 0 aliphatic rings. The van der Waals surface area contributed by atoms with E-state index in [1.165, 1.54) is 13.1 Å². The van der Waals surface area contributed by atoms with Crippen LogP contribution in [0, 0.1) is 11.3 Å². The molecular weight excluding hydrogens is 240 g/mol. The maximum atomic E-state index is 11.1. The number of hydrogen-bond acceptors (Lipinski definition) is 4. The summed E-state index contributed by atoms with van der Waals surface area (Å²) in [6, 6.07) is 12.7. The molecule has 0 bridgehead atoms. The Balaban J connectivity index is 2.08. The van der Waals surface area contributed by atoms with E-state index in [9.17, 15) is 4.79 Å². The number of nitriles is 1. The first-order chi connectivity index (χ1) is 9.19. The van der Waals surface area contributed by atoms with Gasteiger partial charge in [0, 0.05) is 6.92 Å². The van der Waals surface area contributed by atoms with Gasteiger partial charge in [-0.2, -0.15) is 5.26 Å². The Kier molecular flexibility index (Phi) is 3.89. The number of nitrogens with zero attached hydrogens (tertiary/aromatic N) is 2. The van der Waals surface area contributed by atoms with Crippen LogP contribution in [0.2, 0.25) is 0 Å². The predicted octanol–water partition coefficient (Wildman–Crippen LogP) is 3.14. The van der Waals surface area contributed by atoms with Crippen LogP contribution in [0.4, 0.5) is 0 Å². The molecule has 0 saturated heterocycles. The first-order valence-corrected chi connectivity index (χ1v) is 5.80. The van der Waals surface area contributed by atoms with Crippen molar-refractivity contribution in [2.75, 3.05) is 0 Å². The Hall–Kier alpha value is -2.67. The van der Waals surface area contributed by atoms with Crippen molar-refractivity contribution in [3.8, 4) is 17.6 Å². The maximum absolute atomic E-state index is 11.1. The number of ketones is 1.